The van der Waals surface area contributed by atoms with Gasteiger partial charge in [0.2, 0.25) is 5.88 Å². The second-order valence-corrected chi connectivity index (χ2v) is 9.42. The lowest BCUT2D eigenvalue weighted by atomic mass is 10.0. The summed E-state index contributed by atoms with van der Waals surface area (Å²) in [6.45, 7) is 5.70. The van der Waals surface area contributed by atoms with E-state index in [1.54, 1.807) is 0 Å². The third kappa shape index (κ3) is 5.02. The van der Waals surface area contributed by atoms with E-state index in [0.717, 1.165) is 73.6 Å². The third-order valence-corrected chi connectivity index (χ3v) is 6.84. The Kier molecular flexibility index (Phi) is 6.95. The van der Waals surface area contributed by atoms with Crippen LogP contribution in [0.4, 0.5) is 5.88 Å². The summed E-state index contributed by atoms with van der Waals surface area (Å²) in [6.07, 6.45) is 5.60. The van der Waals surface area contributed by atoms with Crippen molar-refractivity contribution >= 4 is 11.8 Å². The molecular weight excluding hydrogens is 426 g/mol. The topological polar surface area (TPSA) is 58.8 Å². The van der Waals surface area contributed by atoms with Crippen molar-refractivity contribution in [1.82, 2.24) is 10.1 Å². The highest BCUT2D eigenvalue weighted by atomic mass is 16.5. The highest BCUT2D eigenvalue weighted by molar-refractivity contribution is 5.94. The minimum absolute atomic E-state index is 0.0142. The largest absolute Gasteiger partial charge is 0.376 e. The molecule has 3 heterocycles. The number of benzene rings is 2. The van der Waals surface area contributed by atoms with Crippen molar-refractivity contribution in [1.29, 1.82) is 0 Å². The zero-order valence-electron chi connectivity index (χ0n) is 19.9. The molecule has 2 aliphatic rings. The van der Waals surface area contributed by atoms with Crippen LogP contribution in [0.25, 0.3) is 11.3 Å². The second-order valence-electron chi connectivity index (χ2n) is 9.42. The summed E-state index contributed by atoms with van der Waals surface area (Å²) in [5, 5.41) is 4.50. The summed E-state index contributed by atoms with van der Waals surface area (Å²) in [7, 11) is 0. The van der Waals surface area contributed by atoms with E-state index in [-0.39, 0.29) is 12.0 Å². The molecular formula is C28H33N3O3. The van der Waals surface area contributed by atoms with Crippen LogP contribution >= 0.6 is 0 Å². The van der Waals surface area contributed by atoms with Crippen molar-refractivity contribution in [3.05, 3.63) is 71.3 Å². The number of aryl methyl sites for hydroxylation is 1. The molecule has 6 heteroatoms. The number of ether oxygens (including phenoxy) is 1. The summed E-state index contributed by atoms with van der Waals surface area (Å²) in [6, 6.07) is 17.9. The number of rotatable bonds is 7. The molecule has 6 nitrogen and oxygen atoms in total. The van der Waals surface area contributed by atoms with Crippen LogP contribution < -0.4 is 4.90 Å². The minimum atomic E-state index is 0.0142. The Balaban J connectivity index is 1.51. The van der Waals surface area contributed by atoms with Gasteiger partial charge < -0.3 is 19.1 Å². The molecule has 1 aromatic heterocycles. The van der Waals surface area contributed by atoms with E-state index in [1.165, 1.54) is 6.42 Å². The van der Waals surface area contributed by atoms with E-state index in [9.17, 15) is 4.79 Å². The van der Waals surface area contributed by atoms with Crippen molar-refractivity contribution < 1.29 is 14.1 Å². The second kappa shape index (κ2) is 10.4. The van der Waals surface area contributed by atoms with Gasteiger partial charge in [-0.3, -0.25) is 4.79 Å². The first kappa shape index (κ1) is 22.7. The molecule has 2 aliphatic heterocycles. The fraction of sp³-hybridized carbons (Fsp3) is 0.429. The highest BCUT2D eigenvalue weighted by Crippen LogP contribution is 2.34. The van der Waals surface area contributed by atoms with Crippen LogP contribution in [-0.2, 0) is 11.3 Å². The van der Waals surface area contributed by atoms with Gasteiger partial charge in [0.15, 0.2) is 0 Å². The average molecular weight is 460 g/mol. The molecule has 2 aromatic carbocycles. The molecule has 2 saturated heterocycles. The van der Waals surface area contributed by atoms with Gasteiger partial charge in [-0.1, -0.05) is 53.2 Å². The molecule has 0 bridgehead atoms. The van der Waals surface area contributed by atoms with E-state index in [1.807, 2.05) is 66.4 Å². The fourth-order valence-electron chi connectivity index (χ4n) is 4.93. The van der Waals surface area contributed by atoms with Gasteiger partial charge in [-0.2, -0.15) is 0 Å². The standard InChI is InChI=1S/C28H33N3O3/c1-21-12-14-23(15-13-21)27(32)31(19-24-11-8-18-33-24)20-25-26(22-9-4-2-5-10-22)29-34-28(25)30-16-6-3-7-17-30/h2,4-5,9-10,12-15,24H,3,6-8,11,16-20H2,1H3/t24-/m1/s1. The van der Waals surface area contributed by atoms with Crippen molar-refractivity contribution in [2.45, 2.75) is 51.7 Å². The van der Waals surface area contributed by atoms with Crippen LogP contribution in [0, 0.1) is 6.92 Å². The maximum atomic E-state index is 13.7. The first-order valence-corrected chi connectivity index (χ1v) is 12.5. The summed E-state index contributed by atoms with van der Waals surface area (Å²) < 4.78 is 11.9. The number of nitrogens with zero attached hydrogens (tertiary/aromatic N) is 3. The van der Waals surface area contributed by atoms with Gasteiger partial charge in [-0.25, -0.2) is 0 Å². The molecule has 0 aliphatic carbocycles. The van der Waals surface area contributed by atoms with Crippen molar-refractivity contribution in [2.24, 2.45) is 0 Å². The summed E-state index contributed by atoms with van der Waals surface area (Å²) in [4.78, 5) is 17.9. The molecule has 1 amide bonds. The van der Waals surface area contributed by atoms with Crippen molar-refractivity contribution in [3.63, 3.8) is 0 Å². The Morgan fingerprint density at radius 1 is 1.03 bits per heavy atom. The van der Waals surface area contributed by atoms with Gasteiger partial charge in [-0.05, 0) is 51.2 Å². The van der Waals surface area contributed by atoms with Gasteiger partial charge in [0.05, 0.1) is 18.2 Å². The summed E-state index contributed by atoms with van der Waals surface area (Å²) in [5.41, 5.74) is 4.63. The molecule has 1 atom stereocenters. The van der Waals surface area contributed by atoms with E-state index in [4.69, 9.17) is 9.26 Å². The fourth-order valence-corrected chi connectivity index (χ4v) is 4.93. The maximum absolute atomic E-state index is 13.7. The summed E-state index contributed by atoms with van der Waals surface area (Å²) in [5.74, 6) is 0.813. The van der Waals surface area contributed by atoms with Crippen molar-refractivity contribution in [3.8, 4) is 11.3 Å². The quantitative estimate of drug-likeness (QED) is 0.469. The molecule has 5 rings (SSSR count). The molecule has 34 heavy (non-hydrogen) atoms. The van der Waals surface area contributed by atoms with Crippen LogP contribution in [0.15, 0.2) is 59.1 Å². The first-order chi connectivity index (χ1) is 16.7. The number of carbonyl (C=O) groups is 1. The van der Waals surface area contributed by atoms with Crippen LogP contribution in [-0.4, -0.2) is 48.3 Å². The minimum Gasteiger partial charge on any atom is -0.376 e. The Bertz CT molecular complexity index is 1080. The Morgan fingerprint density at radius 2 is 1.79 bits per heavy atom. The van der Waals surface area contributed by atoms with E-state index < -0.39 is 0 Å². The van der Waals surface area contributed by atoms with Gasteiger partial charge in [0.25, 0.3) is 5.91 Å². The number of anilines is 1. The van der Waals surface area contributed by atoms with E-state index >= 15 is 0 Å². The Morgan fingerprint density at radius 3 is 2.50 bits per heavy atom. The van der Waals surface area contributed by atoms with Gasteiger partial charge in [0.1, 0.15) is 5.69 Å². The van der Waals surface area contributed by atoms with Crippen LogP contribution in [0.3, 0.4) is 0 Å². The van der Waals surface area contributed by atoms with Gasteiger partial charge >= 0.3 is 0 Å². The molecule has 0 N–H and O–H groups in total. The van der Waals surface area contributed by atoms with Gasteiger partial charge in [0, 0.05) is 37.4 Å². The number of hydrogen-bond acceptors (Lipinski definition) is 5. The molecule has 178 valence electrons. The SMILES string of the molecule is Cc1ccc(C(=O)N(Cc2c(-c3ccccc3)noc2N2CCCCC2)C[C@H]2CCCO2)cc1. The number of hydrogen-bond donors (Lipinski definition) is 0. The van der Waals surface area contributed by atoms with Crippen LogP contribution in [0.1, 0.15) is 53.6 Å². The predicted molar refractivity (Wildman–Crippen MR) is 133 cm³/mol. The zero-order valence-corrected chi connectivity index (χ0v) is 19.9. The lowest BCUT2D eigenvalue weighted by Crippen LogP contribution is -2.38. The number of piperidine rings is 1. The van der Waals surface area contributed by atoms with E-state index in [0.29, 0.717) is 18.7 Å². The van der Waals surface area contributed by atoms with Crippen molar-refractivity contribution in [2.75, 3.05) is 31.1 Å². The zero-order chi connectivity index (χ0) is 23.3. The maximum Gasteiger partial charge on any atom is 0.254 e. The first-order valence-electron chi connectivity index (χ1n) is 12.5. The number of amides is 1. The molecule has 0 unspecified atom stereocenters. The molecule has 2 fully saturated rings. The third-order valence-electron chi connectivity index (χ3n) is 6.84. The smallest absolute Gasteiger partial charge is 0.254 e. The van der Waals surface area contributed by atoms with Crippen LogP contribution in [0.5, 0.6) is 0 Å². The average Bonchev–Trinajstić information content (AvgIpc) is 3.55. The molecule has 0 radical (unpaired) electrons. The molecule has 0 saturated carbocycles. The Labute approximate surface area is 201 Å². The number of carbonyl (C=O) groups excluding carboxylic acids is 1. The Hall–Kier alpha value is -3.12. The molecule has 3 aromatic rings. The normalized spacial score (nSPS) is 18.3. The highest BCUT2D eigenvalue weighted by Gasteiger charge is 2.29. The monoisotopic (exact) mass is 459 g/mol. The van der Waals surface area contributed by atoms with Crippen LogP contribution in [0.2, 0.25) is 0 Å². The molecule has 0 spiro atoms. The lowest BCUT2D eigenvalue weighted by Gasteiger charge is -2.29. The predicted octanol–water partition coefficient (Wildman–Crippen LogP) is 5.46. The van der Waals surface area contributed by atoms with Gasteiger partial charge in [-0.15, -0.1) is 0 Å². The van der Waals surface area contributed by atoms with E-state index in [2.05, 4.69) is 10.1 Å². The lowest BCUT2D eigenvalue weighted by molar-refractivity contribution is 0.0507. The summed E-state index contributed by atoms with van der Waals surface area (Å²) >= 11 is 0. The number of aromatic nitrogens is 1.